The number of nitrogens with one attached hydrogen (secondary N) is 1. The number of nitro groups is 1. The Balaban J connectivity index is 0.000000579. The molecule has 1 aromatic carbocycles. The molecule has 1 aromatic heterocycles. The minimum atomic E-state index is -0.833. The van der Waals surface area contributed by atoms with E-state index in [1.807, 2.05) is 13.8 Å². The fourth-order valence-corrected chi connectivity index (χ4v) is 1.60. The van der Waals surface area contributed by atoms with E-state index < -0.39 is 10.9 Å². The maximum atomic E-state index is 11.4. The lowest BCUT2D eigenvalue weighted by Gasteiger charge is -2.00. The van der Waals surface area contributed by atoms with Gasteiger partial charge in [-0.05, 0) is 19.1 Å². The number of benzene rings is 1. The van der Waals surface area contributed by atoms with Gasteiger partial charge in [-0.3, -0.25) is 19.7 Å². The first-order chi connectivity index (χ1) is 9.84. The molecule has 1 heterocycles. The van der Waals surface area contributed by atoms with Gasteiger partial charge in [0, 0.05) is 18.7 Å². The van der Waals surface area contributed by atoms with Gasteiger partial charge in [0.25, 0.3) is 17.2 Å². The lowest BCUT2D eigenvalue weighted by Crippen LogP contribution is -2.06. The summed E-state index contributed by atoms with van der Waals surface area (Å²) < 4.78 is 0. The highest BCUT2D eigenvalue weighted by Gasteiger charge is 2.16. The van der Waals surface area contributed by atoms with Crippen molar-refractivity contribution < 1.29 is 14.8 Å². The third kappa shape index (κ3) is 5.06. The number of H-pyrrole nitrogens is 1. The maximum absolute atomic E-state index is 11.4. The second-order valence-electron chi connectivity index (χ2n) is 3.78. The quantitative estimate of drug-likeness (QED) is 0.620. The monoisotopic (exact) mass is 294 g/mol. The summed E-state index contributed by atoms with van der Waals surface area (Å²) in [7, 11) is 0. The Morgan fingerprint density at radius 2 is 1.76 bits per heavy atom. The molecule has 0 saturated carbocycles. The molecule has 0 unspecified atom stereocenters. The number of hydrogen-bond acceptors (Lipinski definition) is 4. The molecule has 114 valence electrons. The summed E-state index contributed by atoms with van der Waals surface area (Å²) in [6.07, 6.45) is 1.41. The Kier molecular flexibility index (Phi) is 7.38. The Hall–Kier alpha value is -2.70. The van der Waals surface area contributed by atoms with Gasteiger partial charge in [0.05, 0.1) is 15.7 Å². The van der Waals surface area contributed by atoms with Crippen molar-refractivity contribution >= 4 is 22.4 Å². The molecule has 2 aromatic rings. The normalized spacial score (nSPS) is 8.95. The van der Waals surface area contributed by atoms with E-state index in [1.165, 1.54) is 6.20 Å². The number of fused-ring (bicyclic) bond motifs is 1. The Bertz CT molecular complexity index is 687. The molecular formula is C14H18N2O5. The largest absolute Gasteiger partial charge is 0.481 e. The van der Waals surface area contributed by atoms with Crippen molar-refractivity contribution in [2.45, 2.75) is 27.7 Å². The van der Waals surface area contributed by atoms with Gasteiger partial charge in [-0.2, -0.15) is 0 Å². The molecule has 0 amide bonds. The van der Waals surface area contributed by atoms with Crippen molar-refractivity contribution in [2.75, 3.05) is 0 Å². The first kappa shape index (κ1) is 18.3. The van der Waals surface area contributed by atoms with Crippen LogP contribution in [0.4, 0.5) is 5.69 Å². The first-order valence-corrected chi connectivity index (χ1v) is 6.29. The Morgan fingerprint density at radius 3 is 2.24 bits per heavy atom. The van der Waals surface area contributed by atoms with Gasteiger partial charge in [-0.1, -0.05) is 19.9 Å². The highest BCUT2D eigenvalue weighted by molar-refractivity contribution is 5.91. The number of nitro benzene ring substituents is 1. The number of aliphatic carboxylic acids is 1. The number of pyridine rings is 1. The van der Waals surface area contributed by atoms with Crippen LogP contribution in [0.2, 0.25) is 0 Å². The second-order valence-corrected chi connectivity index (χ2v) is 3.78. The lowest BCUT2D eigenvalue weighted by atomic mass is 10.1. The summed E-state index contributed by atoms with van der Waals surface area (Å²) in [6, 6.07) is 4.72. The Labute approximate surface area is 121 Å². The average Bonchev–Trinajstić information content (AvgIpc) is 2.40. The smallest absolute Gasteiger partial charge is 0.300 e. The van der Waals surface area contributed by atoms with Gasteiger partial charge in [0.1, 0.15) is 0 Å². The number of hydrogen-bond donors (Lipinski definition) is 2. The van der Waals surface area contributed by atoms with Crippen LogP contribution in [0.15, 0.2) is 29.2 Å². The number of nitrogens with zero attached hydrogens (tertiary/aromatic N) is 1. The highest BCUT2D eigenvalue weighted by atomic mass is 16.6. The van der Waals surface area contributed by atoms with E-state index >= 15 is 0 Å². The molecule has 0 bridgehead atoms. The number of carboxylic acids is 1. The molecule has 7 nitrogen and oxygen atoms in total. The van der Waals surface area contributed by atoms with E-state index in [0.29, 0.717) is 16.3 Å². The predicted molar refractivity (Wildman–Crippen MR) is 80.6 cm³/mol. The van der Waals surface area contributed by atoms with Gasteiger partial charge < -0.3 is 10.1 Å². The third-order valence-corrected chi connectivity index (χ3v) is 2.31. The third-order valence-electron chi connectivity index (χ3n) is 2.31. The molecule has 0 radical (unpaired) electrons. The van der Waals surface area contributed by atoms with Crippen LogP contribution in [0.1, 0.15) is 26.3 Å². The molecule has 0 aliphatic carbocycles. The van der Waals surface area contributed by atoms with Crippen LogP contribution in [-0.4, -0.2) is 21.0 Å². The van der Waals surface area contributed by atoms with Gasteiger partial charge in [-0.25, -0.2) is 0 Å². The Morgan fingerprint density at radius 1 is 1.24 bits per heavy atom. The van der Waals surface area contributed by atoms with Crippen LogP contribution >= 0.6 is 0 Å². The predicted octanol–water partition coefficient (Wildman–Crippen LogP) is 2.86. The van der Waals surface area contributed by atoms with Crippen molar-refractivity contribution in [1.82, 2.24) is 4.98 Å². The standard InChI is InChI=1S/C10H8N2O3.C2H4O2.C2H6/c1-6-2-3-8-7(9(6)12(14)15)4-5-11-10(8)13;1-2(3)4;1-2/h2-5H,1H3,(H,11,13);1H3,(H,3,4);1-2H3. The van der Waals surface area contributed by atoms with Crippen LogP contribution in [0.5, 0.6) is 0 Å². The van der Waals surface area contributed by atoms with Crippen molar-refractivity contribution in [3.63, 3.8) is 0 Å². The number of rotatable bonds is 1. The van der Waals surface area contributed by atoms with Crippen LogP contribution in [-0.2, 0) is 4.79 Å². The lowest BCUT2D eigenvalue weighted by molar-refractivity contribution is -0.383. The summed E-state index contributed by atoms with van der Waals surface area (Å²) in [5.41, 5.74) is 0.243. The molecule has 0 spiro atoms. The van der Waals surface area contributed by atoms with Gasteiger partial charge in [0.2, 0.25) is 0 Å². The van der Waals surface area contributed by atoms with Gasteiger partial charge in [0.15, 0.2) is 0 Å². The number of aromatic nitrogens is 1. The van der Waals surface area contributed by atoms with Crippen LogP contribution < -0.4 is 5.56 Å². The van der Waals surface area contributed by atoms with Crippen LogP contribution in [0, 0.1) is 17.0 Å². The zero-order valence-corrected chi connectivity index (χ0v) is 12.3. The van der Waals surface area contributed by atoms with Crippen molar-refractivity contribution in [2.24, 2.45) is 0 Å². The number of carboxylic acid groups (broad SMARTS) is 1. The fourth-order valence-electron chi connectivity index (χ4n) is 1.60. The van der Waals surface area contributed by atoms with E-state index in [0.717, 1.165) is 6.92 Å². The molecule has 2 N–H and O–H groups in total. The van der Waals surface area contributed by atoms with Crippen LogP contribution in [0.25, 0.3) is 10.8 Å². The highest BCUT2D eigenvalue weighted by Crippen LogP contribution is 2.26. The summed E-state index contributed by atoms with van der Waals surface area (Å²) in [6.45, 7) is 6.73. The van der Waals surface area contributed by atoms with Crippen molar-refractivity contribution in [3.8, 4) is 0 Å². The van der Waals surface area contributed by atoms with E-state index in [-0.39, 0.29) is 11.2 Å². The fraction of sp³-hybridized carbons (Fsp3) is 0.286. The minimum absolute atomic E-state index is 0.00130. The summed E-state index contributed by atoms with van der Waals surface area (Å²) in [5.74, 6) is -0.833. The summed E-state index contributed by atoms with van der Waals surface area (Å²) >= 11 is 0. The zero-order chi connectivity index (χ0) is 16.6. The minimum Gasteiger partial charge on any atom is -0.481 e. The molecular weight excluding hydrogens is 276 g/mol. The van der Waals surface area contributed by atoms with E-state index in [9.17, 15) is 14.9 Å². The van der Waals surface area contributed by atoms with E-state index in [1.54, 1.807) is 25.1 Å². The van der Waals surface area contributed by atoms with Gasteiger partial charge in [-0.15, -0.1) is 0 Å². The SMILES string of the molecule is CC.CC(=O)O.Cc1ccc2c(=O)[nH]ccc2c1[N+](=O)[O-]. The second kappa shape index (κ2) is 8.47. The molecule has 21 heavy (non-hydrogen) atoms. The molecule has 7 heteroatoms. The van der Waals surface area contributed by atoms with E-state index in [2.05, 4.69) is 4.98 Å². The average molecular weight is 294 g/mol. The molecule has 2 rings (SSSR count). The van der Waals surface area contributed by atoms with E-state index in [4.69, 9.17) is 9.90 Å². The van der Waals surface area contributed by atoms with Gasteiger partial charge >= 0.3 is 0 Å². The maximum Gasteiger partial charge on any atom is 0.300 e. The zero-order valence-electron chi connectivity index (χ0n) is 12.3. The number of aromatic amines is 1. The first-order valence-electron chi connectivity index (χ1n) is 6.29. The molecule has 0 aliphatic heterocycles. The topological polar surface area (TPSA) is 113 Å². The number of aryl methyl sites for hydroxylation is 1. The van der Waals surface area contributed by atoms with Crippen LogP contribution in [0.3, 0.4) is 0 Å². The van der Waals surface area contributed by atoms with Crippen molar-refractivity contribution in [1.29, 1.82) is 0 Å². The molecule has 0 aliphatic rings. The number of carbonyl (C=O) groups is 1. The molecule has 0 fully saturated rings. The molecule has 0 saturated heterocycles. The molecule has 0 atom stereocenters. The summed E-state index contributed by atoms with van der Waals surface area (Å²) in [5, 5.41) is 19.0. The van der Waals surface area contributed by atoms with Crippen molar-refractivity contribution in [3.05, 3.63) is 50.4 Å². The summed E-state index contributed by atoms with van der Waals surface area (Å²) in [4.78, 5) is 33.2.